The van der Waals surface area contributed by atoms with Crippen molar-refractivity contribution in [3.63, 3.8) is 0 Å². The number of hydrazine groups is 1. The van der Waals surface area contributed by atoms with Crippen molar-refractivity contribution < 1.29 is 4.79 Å². The molecule has 2 atom stereocenters. The Bertz CT molecular complexity index is 1000. The standard InChI is InChI=1S/C24H27N5O/c1-17-12-21(13-18(2)26-17)23-9-11-28(16-20-7-5-10-27(3)24(20)30)29(23)22-8-4-6-19(14-22)15-25/h4,6,8-9,11-14,20,23H,5,7,10,16H2,1-3H3. The van der Waals surface area contributed by atoms with E-state index in [0.29, 0.717) is 12.1 Å². The Morgan fingerprint density at radius 3 is 2.70 bits per heavy atom. The summed E-state index contributed by atoms with van der Waals surface area (Å²) in [5.41, 5.74) is 4.66. The number of hydrogen-bond acceptors (Lipinski definition) is 5. The van der Waals surface area contributed by atoms with Gasteiger partial charge in [-0.15, -0.1) is 0 Å². The van der Waals surface area contributed by atoms with Gasteiger partial charge in [-0.05, 0) is 68.7 Å². The third-order valence-electron chi connectivity index (χ3n) is 5.84. The Morgan fingerprint density at radius 2 is 1.97 bits per heavy atom. The summed E-state index contributed by atoms with van der Waals surface area (Å²) in [5.74, 6) is 0.175. The van der Waals surface area contributed by atoms with Crippen LogP contribution in [0.1, 0.15) is 41.4 Å². The number of anilines is 1. The predicted octanol–water partition coefficient (Wildman–Crippen LogP) is 3.73. The molecule has 30 heavy (non-hydrogen) atoms. The lowest BCUT2D eigenvalue weighted by Crippen LogP contribution is -2.46. The molecule has 2 aromatic rings. The number of amides is 1. The summed E-state index contributed by atoms with van der Waals surface area (Å²) in [4.78, 5) is 19.1. The van der Waals surface area contributed by atoms with Gasteiger partial charge >= 0.3 is 0 Å². The summed E-state index contributed by atoms with van der Waals surface area (Å²) in [6, 6.07) is 14.1. The summed E-state index contributed by atoms with van der Waals surface area (Å²) in [5, 5.41) is 13.7. The number of piperidine rings is 1. The van der Waals surface area contributed by atoms with Crippen LogP contribution in [0.4, 0.5) is 5.69 Å². The van der Waals surface area contributed by atoms with Gasteiger partial charge in [-0.3, -0.25) is 19.8 Å². The second-order valence-corrected chi connectivity index (χ2v) is 8.20. The molecule has 2 unspecified atom stereocenters. The van der Waals surface area contributed by atoms with Gasteiger partial charge in [-0.1, -0.05) is 6.07 Å². The van der Waals surface area contributed by atoms with Gasteiger partial charge in [0.15, 0.2) is 0 Å². The number of likely N-dealkylation sites (tertiary alicyclic amines) is 1. The zero-order valence-electron chi connectivity index (χ0n) is 17.7. The van der Waals surface area contributed by atoms with E-state index in [1.807, 2.05) is 50.1 Å². The number of pyridine rings is 1. The van der Waals surface area contributed by atoms with Gasteiger partial charge in [-0.2, -0.15) is 5.26 Å². The molecule has 2 aliphatic heterocycles. The molecule has 3 heterocycles. The van der Waals surface area contributed by atoms with Crippen molar-refractivity contribution in [1.82, 2.24) is 14.9 Å². The van der Waals surface area contributed by atoms with Crippen molar-refractivity contribution in [2.45, 2.75) is 32.7 Å². The van der Waals surface area contributed by atoms with Crippen molar-refractivity contribution in [2.24, 2.45) is 5.92 Å². The van der Waals surface area contributed by atoms with Crippen molar-refractivity contribution in [3.8, 4) is 6.07 Å². The van der Waals surface area contributed by atoms with Crippen LogP contribution in [0.3, 0.4) is 0 Å². The minimum atomic E-state index is -0.0327. The summed E-state index contributed by atoms with van der Waals surface area (Å²) in [6.45, 7) is 5.46. The summed E-state index contributed by atoms with van der Waals surface area (Å²) >= 11 is 0. The van der Waals surface area contributed by atoms with E-state index in [2.05, 4.69) is 45.5 Å². The van der Waals surface area contributed by atoms with Gasteiger partial charge in [-0.25, -0.2) is 0 Å². The number of rotatable bonds is 4. The molecule has 1 aromatic carbocycles. The fraction of sp³-hybridized carbons (Fsp3) is 0.375. The van der Waals surface area contributed by atoms with E-state index < -0.39 is 0 Å². The molecule has 6 heteroatoms. The van der Waals surface area contributed by atoms with E-state index >= 15 is 0 Å². The maximum absolute atomic E-state index is 12.7. The van der Waals surface area contributed by atoms with Crippen LogP contribution in [0.2, 0.25) is 0 Å². The van der Waals surface area contributed by atoms with E-state index in [1.165, 1.54) is 0 Å². The maximum atomic E-state index is 12.7. The van der Waals surface area contributed by atoms with Crippen molar-refractivity contribution in [1.29, 1.82) is 5.26 Å². The van der Waals surface area contributed by atoms with E-state index in [9.17, 15) is 10.1 Å². The highest BCUT2D eigenvalue weighted by Crippen LogP contribution is 2.36. The van der Waals surface area contributed by atoms with E-state index in [0.717, 1.165) is 42.0 Å². The molecule has 4 rings (SSSR count). The van der Waals surface area contributed by atoms with Gasteiger partial charge in [0, 0.05) is 31.2 Å². The molecule has 0 N–H and O–H groups in total. The molecule has 154 valence electrons. The number of carbonyl (C=O) groups excluding carboxylic acids is 1. The van der Waals surface area contributed by atoms with Crippen molar-refractivity contribution in [3.05, 3.63) is 71.2 Å². The van der Waals surface area contributed by atoms with E-state index in [4.69, 9.17) is 0 Å². The first-order chi connectivity index (χ1) is 14.5. The van der Waals surface area contributed by atoms with Crippen molar-refractivity contribution in [2.75, 3.05) is 25.1 Å². The number of aryl methyl sites for hydroxylation is 2. The predicted molar refractivity (Wildman–Crippen MR) is 116 cm³/mol. The number of benzene rings is 1. The molecule has 0 spiro atoms. The van der Waals surface area contributed by atoms with E-state index in [-0.39, 0.29) is 17.9 Å². The van der Waals surface area contributed by atoms with Gasteiger partial charge in [0.05, 0.1) is 35.8 Å². The second kappa shape index (κ2) is 8.19. The Morgan fingerprint density at radius 1 is 1.20 bits per heavy atom. The average molecular weight is 402 g/mol. The summed E-state index contributed by atoms with van der Waals surface area (Å²) < 4.78 is 0. The Hall–Kier alpha value is -3.33. The molecule has 6 nitrogen and oxygen atoms in total. The topological polar surface area (TPSA) is 63.5 Å². The lowest BCUT2D eigenvalue weighted by atomic mass is 9.97. The normalized spacial score (nSPS) is 21.3. The van der Waals surface area contributed by atoms with Gasteiger partial charge in [0.2, 0.25) is 5.91 Å². The van der Waals surface area contributed by atoms with Gasteiger partial charge < -0.3 is 4.90 Å². The first-order valence-corrected chi connectivity index (χ1v) is 10.4. The Balaban J connectivity index is 1.70. The highest BCUT2D eigenvalue weighted by molar-refractivity contribution is 5.79. The van der Waals surface area contributed by atoms with Gasteiger partial charge in [0.25, 0.3) is 0 Å². The van der Waals surface area contributed by atoms with Crippen LogP contribution in [0.5, 0.6) is 0 Å². The zero-order valence-corrected chi connectivity index (χ0v) is 17.7. The Labute approximate surface area is 178 Å². The smallest absolute Gasteiger partial charge is 0.227 e. The minimum Gasteiger partial charge on any atom is -0.345 e. The zero-order chi connectivity index (χ0) is 21.3. The largest absolute Gasteiger partial charge is 0.345 e. The van der Waals surface area contributed by atoms with E-state index in [1.54, 1.807) is 0 Å². The van der Waals surface area contributed by atoms with Crippen LogP contribution < -0.4 is 5.01 Å². The number of nitrogens with zero attached hydrogens (tertiary/aromatic N) is 5. The fourth-order valence-corrected chi connectivity index (χ4v) is 4.47. The van der Waals surface area contributed by atoms with Gasteiger partial charge in [0.1, 0.15) is 0 Å². The maximum Gasteiger partial charge on any atom is 0.227 e. The first-order valence-electron chi connectivity index (χ1n) is 10.4. The number of nitriles is 1. The first kappa shape index (κ1) is 20.0. The van der Waals surface area contributed by atoms with Crippen LogP contribution in [0, 0.1) is 31.1 Å². The molecular weight excluding hydrogens is 374 g/mol. The van der Waals surface area contributed by atoms with Crippen LogP contribution in [-0.2, 0) is 4.79 Å². The summed E-state index contributed by atoms with van der Waals surface area (Å²) in [6.07, 6.45) is 6.15. The molecule has 0 bridgehead atoms. The third kappa shape index (κ3) is 3.88. The van der Waals surface area contributed by atoms with Crippen LogP contribution in [0.25, 0.3) is 0 Å². The van der Waals surface area contributed by atoms with Crippen LogP contribution in [-0.4, -0.2) is 40.9 Å². The SMILES string of the molecule is Cc1cc(C2C=CN(CC3CCCN(C)C3=O)N2c2cccc(C#N)c2)cc(C)n1. The monoisotopic (exact) mass is 401 g/mol. The molecule has 0 aliphatic carbocycles. The number of carbonyl (C=O) groups is 1. The molecule has 1 aromatic heterocycles. The highest BCUT2D eigenvalue weighted by atomic mass is 16.2. The lowest BCUT2D eigenvalue weighted by Gasteiger charge is -2.39. The van der Waals surface area contributed by atoms with Crippen molar-refractivity contribution >= 4 is 11.6 Å². The molecular formula is C24H27N5O. The Kier molecular flexibility index (Phi) is 5.45. The quantitative estimate of drug-likeness (QED) is 0.781. The molecule has 2 aliphatic rings. The average Bonchev–Trinajstić information content (AvgIpc) is 3.14. The summed E-state index contributed by atoms with van der Waals surface area (Å²) in [7, 11) is 1.88. The second-order valence-electron chi connectivity index (χ2n) is 8.20. The third-order valence-corrected chi connectivity index (χ3v) is 5.84. The van der Waals surface area contributed by atoms with Crippen LogP contribution in [0.15, 0.2) is 48.7 Å². The minimum absolute atomic E-state index is 0.0178. The number of aromatic nitrogens is 1. The highest BCUT2D eigenvalue weighted by Gasteiger charge is 2.34. The molecule has 1 saturated heterocycles. The molecule has 0 radical (unpaired) electrons. The number of hydrogen-bond donors (Lipinski definition) is 0. The fourth-order valence-electron chi connectivity index (χ4n) is 4.47. The lowest BCUT2D eigenvalue weighted by molar-refractivity contribution is -0.137. The molecule has 1 amide bonds. The molecule has 1 fully saturated rings. The van der Waals surface area contributed by atoms with Crippen LogP contribution >= 0.6 is 0 Å². The molecule has 0 saturated carbocycles.